The zero-order valence-corrected chi connectivity index (χ0v) is 13.0. The molecule has 2 N–H and O–H groups in total. The third-order valence-electron chi connectivity index (χ3n) is 4.00. The predicted molar refractivity (Wildman–Crippen MR) is 82.9 cm³/mol. The van der Waals surface area contributed by atoms with Crippen molar-refractivity contribution < 1.29 is 9.59 Å². The molecule has 1 saturated carbocycles. The van der Waals surface area contributed by atoms with Crippen LogP contribution in [0.4, 0.5) is 0 Å². The average Bonchev–Trinajstić information content (AvgIpc) is 2.48. The highest BCUT2D eigenvalue weighted by Crippen LogP contribution is 2.23. The second kappa shape index (κ2) is 7.46. The van der Waals surface area contributed by atoms with Crippen molar-refractivity contribution in [1.29, 1.82) is 0 Å². The van der Waals surface area contributed by atoms with Gasteiger partial charge in [-0.25, -0.2) is 0 Å². The minimum absolute atomic E-state index is 0.118. The van der Waals surface area contributed by atoms with Crippen LogP contribution in [0.15, 0.2) is 24.3 Å². The summed E-state index contributed by atoms with van der Waals surface area (Å²) in [6, 6.07) is 7.28. The van der Waals surface area contributed by atoms with E-state index in [4.69, 9.17) is 11.6 Å². The highest BCUT2D eigenvalue weighted by atomic mass is 35.5. The molecule has 1 aliphatic carbocycles. The minimum atomic E-state index is -0.581. The highest BCUT2D eigenvalue weighted by Gasteiger charge is 2.25. The van der Waals surface area contributed by atoms with Crippen molar-refractivity contribution in [2.75, 3.05) is 0 Å². The molecule has 2 amide bonds. The Morgan fingerprint density at radius 2 is 1.81 bits per heavy atom. The third kappa shape index (κ3) is 4.74. The van der Waals surface area contributed by atoms with Crippen LogP contribution >= 0.6 is 11.6 Å². The van der Waals surface area contributed by atoms with Crippen molar-refractivity contribution in [1.82, 2.24) is 10.6 Å². The van der Waals surface area contributed by atoms with E-state index in [0.29, 0.717) is 17.5 Å². The molecular formula is C16H21ClN2O2. The molecule has 1 aliphatic rings. The lowest BCUT2D eigenvalue weighted by Gasteiger charge is -2.29. The summed E-state index contributed by atoms with van der Waals surface area (Å²) >= 11 is 5.80. The second-order valence-electron chi connectivity index (χ2n) is 5.65. The molecule has 2 atom stereocenters. The Bertz CT molecular complexity index is 502. The van der Waals surface area contributed by atoms with Gasteiger partial charge in [-0.15, -0.1) is 0 Å². The van der Waals surface area contributed by atoms with E-state index < -0.39 is 11.8 Å². The molecule has 0 aromatic heterocycles. The number of benzene rings is 1. The molecule has 0 radical (unpaired) electrons. The van der Waals surface area contributed by atoms with Crippen molar-refractivity contribution in [3.8, 4) is 0 Å². The summed E-state index contributed by atoms with van der Waals surface area (Å²) in [6.45, 7) is 2.44. The average molecular weight is 309 g/mol. The van der Waals surface area contributed by atoms with E-state index in [2.05, 4.69) is 17.6 Å². The minimum Gasteiger partial charge on any atom is -0.345 e. The van der Waals surface area contributed by atoms with Crippen LogP contribution in [0, 0.1) is 5.92 Å². The van der Waals surface area contributed by atoms with E-state index in [-0.39, 0.29) is 6.04 Å². The molecule has 1 aromatic rings. The molecule has 0 saturated heterocycles. The molecule has 114 valence electrons. The van der Waals surface area contributed by atoms with Gasteiger partial charge in [0, 0.05) is 17.6 Å². The normalized spacial score (nSPS) is 21.6. The van der Waals surface area contributed by atoms with Crippen LogP contribution in [-0.4, -0.2) is 17.9 Å². The SMILES string of the molecule is C[C@H]1CCCC[C@@H]1NC(=O)C(=O)NCc1ccc(Cl)cc1. The fraction of sp³-hybridized carbons (Fsp3) is 0.500. The lowest BCUT2D eigenvalue weighted by atomic mass is 9.86. The highest BCUT2D eigenvalue weighted by molar-refractivity contribution is 6.35. The van der Waals surface area contributed by atoms with E-state index in [9.17, 15) is 9.59 Å². The zero-order valence-electron chi connectivity index (χ0n) is 12.2. The van der Waals surface area contributed by atoms with E-state index in [1.807, 2.05) is 12.1 Å². The fourth-order valence-corrected chi connectivity index (χ4v) is 2.76. The number of carbonyl (C=O) groups excluding carboxylic acids is 2. The molecule has 0 heterocycles. The maximum absolute atomic E-state index is 11.9. The topological polar surface area (TPSA) is 58.2 Å². The summed E-state index contributed by atoms with van der Waals surface area (Å²) in [6.07, 6.45) is 4.38. The van der Waals surface area contributed by atoms with Gasteiger partial charge in [0.25, 0.3) is 0 Å². The van der Waals surface area contributed by atoms with Gasteiger partial charge in [0.05, 0.1) is 0 Å². The first-order valence-electron chi connectivity index (χ1n) is 7.39. The summed E-state index contributed by atoms with van der Waals surface area (Å²) in [7, 11) is 0. The van der Waals surface area contributed by atoms with Crippen LogP contribution in [0.1, 0.15) is 38.2 Å². The van der Waals surface area contributed by atoms with Crippen molar-refractivity contribution in [2.24, 2.45) is 5.92 Å². The van der Waals surface area contributed by atoms with Gasteiger partial charge in [0.2, 0.25) is 0 Å². The molecule has 0 spiro atoms. The van der Waals surface area contributed by atoms with Gasteiger partial charge >= 0.3 is 11.8 Å². The van der Waals surface area contributed by atoms with Gasteiger partial charge in [0.1, 0.15) is 0 Å². The Labute approximate surface area is 130 Å². The molecular weight excluding hydrogens is 288 g/mol. The van der Waals surface area contributed by atoms with Crippen LogP contribution < -0.4 is 10.6 Å². The first-order valence-corrected chi connectivity index (χ1v) is 7.77. The lowest BCUT2D eigenvalue weighted by molar-refractivity contribution is -0.140. The molecule has 1 fully saturated rings. The van der Waals surface area contributed by atoms with E-state index in [1.165, 1.54) is 6.42 Å². The van der Waals surface area contributed by atoms with Crippen molar-refractivity contribution in [2.45, 2.75) is 45.2 Å². The predicted octanol–water partition coefficient (Wildman–Crippen LogP) is 2.65. The van der Waals surface area contributed by atoms with E-state index in [1.54, 1.807) is 12.1 Å². The largest absolute Gasteiger partial charge is 0.345 e. The Morgan fingerprint density at radius 3 is 2.48 bits per heavy atom. The standard InChI is InChI=1S/C16H21ClN2O2/c1-11-4-2-3-5-14(11)19-16(21)15(20)18-10-12-6-8-13(17)9-7-12/h6-9,11,14H,2-5,10H2,1H3,(H,18,20)(H,19,21)/t11-,14-/m0/s1. The van der Waals surface area contributed by atoms with Crippen molar-refractivity contribution >= 4 is 23.4 Å². The van der Waals surface area contributed by atoms with Crippen LogP contribution in [0.25, 0.3) is 0 Å². The summed E-state index contributed by atoms with van der Waals surface area (Å²) in [5, 5.41) is 6.12. The number of carbonyl (C=O) groups is 2. The summed E-state index contributed by atoms with van der Waals surface area (Å²) in [5.41, 5.74) is 0.909. The smallest absolute Gasteiger partial charge is 0.309 e. The summed E-state index contributed by atoms with van der Waals surface area (Å²) < 4.78 is 0. The van der Waals surface area contributed by atoms with Gasteiger partial charge in [-0.3, -0.25) is 9.59 Å². The number of halogens is 1. The zero-order chi connectivity index (χ0) is 15.2. The maximum Gasteiger partial charge on any atom is 0.309 e. The Kier molecular flexibility index (Phi) is 5.62. The monoisotopic (exact) mass is 308 g/mol. The fourth-order valence-electron chi connectivity index (χ4n) is 2.63. The van der Waals surface area contributed by atoms with Gasteiger partial charge in [0.15, 0.2) is 0 Å². The molecule has 5 heteroatoms. The van der Waals surface area contributed by atoms with E-state index in [0.717, 1.165) is 24.8 Å². The quantitative estimate of drug-likeness (QED) is 0.843. The number of nitrogens with one attached hydrogen (secondary N) is 2. The number of hydrogen-bond acceptors (Lipinski definition) is 2. The van der Waals surface area contributed by atoms with Gasteiger partial charge < -0.3 is 10.6 Å². The first kappa shape index (κ1) is 15.8. The Hall–Kier alpha value is -1.55. The molecule has 0 bridgehead atoms. The molecule has 21 heavy (non-hydrogen) atoms. The number of hydrogen-bond donors (Lipinski definition) is 2. The van der Waals surface area contributed by atoms with Gasteiger partial charge in [-0.2, -0.15) is 0 Å². The molecule has 2 rings (SSSR count). The number of rotatable bonds is 3. The lowest BCUT2D eigenvalue weighted by Crippen LogP contribution is -2.47. The van der Waals surface area contributed by atoms with Crippen LogP contribution in [0.2, 0.25) is 5.02 Å². The van der Waals surface area contributed by atoms with Crippen LogP contribution in [0.5, 0.6) is 0 Å². The van der Waals surface area contributed by atoms with Crippen LogP contribution in [0.3, 0.4) is 0 Å². The van der Waals surface area contributed by atoms with Gasteiger partial charge in [-0.1, -0.05) is 43.5 Å². The first-order chi connectivity index (χ1) is 10.1. The Morgan fingerprint density at radius 1 is 1.14 bits per heavy atom. The Balaban J connectivity index is 1.79. The maximum atomic E-state index is 11.9. The van der Waals surface area contributed by atoms with E-state index >= 15 is 0 Å². The third-order valence-corrected chi connectivity index (χ3v) is 4.25. The summed E-state index contributed by atoms with van der Waals surface area (Å²) in [4.78, 5) is 23.7. The summed E-state index contributed by atoms with van der Waals surface area (Å²) in [5.74, 6) is -0.683. The molecule has 1 aromatic carbocycles. The molecule has 0 unspecified atom stereocenters. The number of amides is 2. The second-order valence-corrected chi connectivity index (χ2v) is 6.09. The molecule has 4 nitrogen and oxygen atoms in total. The van der Waals surface area contributed by atoms with Crippen LogP contribution in [-0.2, 0) is 16.1 Å². The van der Waals surface area contributed by atoms with Crippen molar-refractivity contribution in [3.05, 3.63) is 34.9 Å². The molecule has 0 aliphatic heterocycles. The van der Waals surface area contributed by atoms with Gasteiger partial charge in [-0.05, 0) is 36.5 Å². The van der Waals surface area contributed by atoms with Crippen molar-refractivity contribution in [3.63, 3.8) is 0 Å².